The lowest BCUT2D eigenvalue weighted by molar-refractivity contribution is -0.440. The summed E-state index contributed by atoms with van der Waals surface area (Å²) in [6, 6.07) is 0. The molecule has 0 aliphatic rings. The molecule has 0 rings (SSSR count). The van der Waals surface area contributed by atoms with Gasteiger partial charge in [-0.05, 0) is 6.42 Å². The normalized spacial score (nSPS) is 15.7. The van der Waals surface area contributed by atoms with Crippen molar-refractivity contribution in [3.8, 4) is 0 Å². The maximum Gasteiger partial charge on any atom is 0.460 e. The number of hydrogen-bond donors (Lipinski definition) is 0. The third kappa shape index (κ3) is 7.65. The molecule has 33 heavy (non-hydrogen) atoms. The smallest absolute Gasteiger partial charge is 0.200 e. The second kappa shape index (κ2) is 12.2. The molecule has 0 radical (unpaired) electrons. The van der Waals surface area contributed by atoms with Crippen molar-refractivity contribution in [1.29, 1.82) is 0 Å². The van der Waals surface area contributed by atoms with Crippen molar-refractivity contribution in [2.75, 3.05) is 0 Å². The molecule has 0 bridgehead atoms. The molecule has 200 valence electrons. The van der Waals surface area contributed by atoms with Crippen LogP contribution >= 0.6 is 22.6 Å². The predicted molar refractivity (Wildman–Crippen MR) is 105 cm³/mol. The molecule has 0 saturated heterocycles. The van der Waals surface area contributed by atoms with Crippen LogP contribution in [-0.4, -0.2) is 39.7 Å². The lowest BCUT2D eigenvalue weighted by atomic mass is 9.91. The third-order valence-electron chi connectivity index (χ3n) is 5.10. The lowest BCUT2D eigenvalue weighted by Gasteiger charge is -2.40. The number of hydrogen-bond acceptors (Lipinski definition) is 0. The van der Waals surface area contributed by atoms with Gasteiger partial charge in [0.1, 0.15) is 0 Å². The van der Waals surface area contributed by atoms with Gasteiger partial charge in [-0.25, -0.2) is 0 Å². The molecule has 0 heterocycles. The zero-order valence-electron chi connectivity index (χ0n) is 17.6. The quantitative estimate of drug-likeness (QED) is 0.0691. The Morgan fingerprint density at radius 2 is 0.879 bits per heavy atom. The van der Waals surface area contributed by atoms with Crippen LogP contribution in [0.15, 0.2) is 0 Å². The maximum absolute atomic E-state index is 13.8. The van der Waals surface area contributed by atoms with Crippen molar-refractivity contribution >= 4 is 22.6 Å². The van der Waals surface area contributed by atoms with E-state index in [-0.39, 0.29) is 12.8 Å². The fourth-order valence-electron chi connectivity index (χ4n) is 2.99. The summed E-state index contributed by atoms with van der Waals surface area (Å²) in [5.74, 6) is -36.4. The van der Waals surface area contributed by atoms with E-state index in [1.165, 1.54) is 22.6 Å². The first kappa shape index (κ1) is 32.8. The Morgan fingerprint density at radius 1 is 0.515 bits per heavy atom. The summed E-state index contributed by atoms with van der Waals surface area (Å²) in [6.07, 6.45) is -2.27. The summed E-state index contributed by atoms with van der Waals surface area (Å²) in [7, 11) is 0. The van der Waals surface area contributed by atoms with Crippen molar-refractivity contribution in [2.45, 2.75) is 117 Å². The highest BCUT2D eigenvalue weighted by atomic mass is 127. The molecule has 1 atom stereocenters. The minimum absolute atomic E-state index is 0.192. The largest absolute Gasteiger partial charge is 0.460 e. The highest BCUT2D eigenvalue weighted by Gasteiger charge is 2.90. The highest BCUT2D eigenvalue weighted by molar-refractivity contribution is 14.1. The second-order valence-electron chi connectivity index (χ2n) is 7.92. The standard InChI is InChI=1S/C19H26F13I/c1-2-3-4-5-6-7-8-9-10-11-13(33)12-14(20,21)15(22,23)16(24,25)17(26,27)18(28,29)19(30,31)32/h13H,2-12H2,1H3. The van der Waals surface area contributed by atoms with Gasteiger partial charge in [-0.1, -0.05) is 87.3 Å². The van der Waals surface area contributed by atoms with E-state index in [0.717, 1.165) is 38.5 Å². The van der Waals surface area contributed by atoms with Crippen molar-refractivity contribution in [3.63, 3.8) is 0 Å². The summed E-state index contributed by atoms with van der Waals surface area (Å²) in [4.78, 5) is 0. The Bertz CT molecular complexity index is 573. The zero-order chi connectivity index (χ0) is 26.4. The molecule has 1 unspecified atom stereocenters. The molecule has 0 aromatic carbocycles. The molecule has 0 fully saturated rings. The summed E-state index contributed by atoms with van der Waals surface area (Å²) < 4.78 is 169. The van der Waals surface area contributed by atoms with Gasteiger partial charge in [0.2, 0.25) is 0 Å². The molecule has 0 aromatic heterocycles. The number of rotatable bonds is 16. The molecule has 0 N–H and O–H groups in total. The minimum atomic E-state index is -7.83. The molecule has 0 saturated carbocycles. The monoisotopic (exact) mass is 628 g/mol. The van der Waals surface area contributed by atoms with E-state index in [1.54, 1.807) is 0 Å². The van der Waals surface area contributed by atoms with Gasteiger partial charge in [-0.3, -0.25) is 0 Å². The van der Waals surface area contributed by atoms with Crippen LogP contribution < -0.4 is 0 Å². The van der Waals surface area contributed by atoms with Crippen molar-refractivity contribution in [1.82, 2.24) is 0 Å². The second-order valence-corrected chi connectivity index (χ2v) is 9.68. The molecule has 0 aromatic rings. The van der Waals surface area contributed by atoms with E-state index < -0.39 is 46.1 Å². The first-order valence-electron chi connectivity index (χ1n) is 10.3. The molecule has 0 nitrogen and oxygen atoms in total. The van der Waals surface area contributed by atoms with Gasteiger partial charge in [-0.2, -0.15) is 57.1 Å². The first-order valence-corrected chi connectivity index (χ1v) is 11.5. The molecule has 0 aliphatic heterocycles. The Morgan fingerprint density at radius 3 is 1.27 bits per heavy atom. The molecular weight excluding hydrogens is 602 g/mol. The van der Waals surface area contributed by atoms with Crippen LogP contribution in [0.1, 0.15) is 77.6 Å². The maximum atomic E-state index is 13.8. The number of unbranched alkanes of at least 4 members (excludes halogenated alkanes) is 8. The van der Waals surface area contributed by atoms with Crippen LogP contribution in [0.2, 0.25) is 0 Å². The third-order valence-corrected chi connectivity index (χ3v) is 6.16. The molecule has 14 heteroatoms. The summed E-state index contributed by atoms with van der Waals surface area (Å²) in [6.45, 7) is 2.05. The zero-order valence-corrected chi connectivity index (χ0v) is 19.8. The van der Waals surface area contributed by atoms with E-state index in [9.17, 15) is 57.1 Å². The van der Waals surface area contributed by atoms with Gasteiger partial charge in [0.05, 0.1) is 0 Å². The number of halogens is 14. The van der Waals surface area contributed by atoms with Crippen LogP contribution in [0.3, 0.4) is 0 Å². The summed E-state index contributed by atoms with van der Waals surface area (Å²) in [5, 5.41) is 0. The molecule has 0 aliphatic carbocycles. The van der Waals surface area contributed by atoms with Crippen molar-refractivity contribution < 1.29 is 57.1 Å². The van der Waals surface area contributed by atoms with E-state index in [4.69, 9.17) is 0 Å². The summed E-state index contributed by atoms with van der Waals surface area (Å²) in [5.41, 5.74) is 0. The van der Waals surface area contributed by atoms with Crippen LogP contribution in [-0.2, 0) is 0 Å². The van der Waals surface area contributed by atoms with Gasteiger partial charge >= 0.3 is 35.8 Å². The predicted octanol–water partition coefficient (Wildman–Crippen LogP) is 9.84. The fraction of sp³-hybridized carbons (Fsp3) is 1.00. The van der Waals surface area contributed by atoms with Crippen molar-refractivity contribution in [3.05, 3.63) is 0 Å². The Hall–Kier alpha value is -0.180. The fourth-order valence-corrected chi connectivity index (χ4v) is 3.98. The van der Waals surface area contributed by atoms with Crippen LogP contribution in [0.4, 0.5) is 57.1 Å². The Balaban J connectivity index is 5.04. The van der Waals surface area contributed by atoms with Gasteiger partial charge in [-0.15, -0.1) is 0 Å². The first-order chi connectivity index (χ1) is 14.7. The Kier molecular flexibility index (Phi) is 12.1. The van der Waals surface area contributed by atoms with Gasteiger partial charge in [0.25, 0.3) is 0 Å². The van der Waals surface area contributed by atoms with E-state index in [0.29, 0.717) is 12.8 Å². The molecular formula is C19H26F13I. The van der Waals surface area contributed by atoms with Crippen LogP contribution in [0.5, 0.6) is 0 Å². The van der Waals surface area contributed by atoms with Crippen LogP contribution in [0, 0.1) is 0 Å². The highest BCUT2D eigenvalue weighted by Crippen LogP contribution is 2.61. The van der Waals surface area contributed by atoms with Crippen molar-refractivity contribution in [2.24, 2.45) is 0 Å². The van der Waals surface area contributed by atoms with Crippen LogP contribution in [0.25, 0.3) is 0 Å². The van der Waals surface area contributed by atoms with E-state index >= 15 is 0 Å². The Labute approximate surface area is 197 Å². The molecule has 0 spiro atoms. The average Bonchev–Trinajstić information content (AvgIpc) is 2.64. The topological polar surface area (TPSA) is 0 Å². The SMILES string of the molecule is CCCCCCCCCCCC(I)CC(F)(F)C(F)(F)C(F)(F)C(F)(F)C(F)(F)C(F)(F)F. The lowest BCUT2D eigenvalue weighted by Crippen LogP contribution is -2.70. The summed E-state index contributed by atoms with van der Waals surface area (Å²) >= 11 is 1.19. The minimum Gasteiger partial charge on any atom is -0.200 e. The molecule has 0 amide bonds. The van der Waals surface area contributed by atoms with Gasteiger partial charge in [0, 0.05) is 10.3 Å². The number of alkyl halides is 14. The van der Waals surface area contributed by atoms with E-state index in [1.807, 2.05) is 6.92 Å². The van der Waals surface area contributed by atoms with Gasteiger partial charge in [0.15, 0.2) is 0 Å². The van der Waals surface area contributed by atoms with Gasteiger partial charge < -0.3 is 0 Å². The average molecular weight is 628 g/mol. The van der Waals surface area contributed by atoms with E-state index in [2.05, 4.69) is 0 Å².